The highest BCUT2D eigenvalue weighted by atomic mass is 32.2. The van der Waals surface area contributed by atoms with Crippen LogP contribution in [0.4, 0.5) is 11.4 Å². The molecule has 1 aromatic heterocycles. The largest absolute Gasteiger partial charge is 0.322 e. The molecule has 0 radical (unpaired) electrons. The third kappa shape index (κ3) is 5.64. The predicted octanol–water partition coefficient (Wildman–Crippen LogP) is 5.03. The van der Waals surface area contributed by atoms with Crippen molar-refractivity contribution in [3.05, 3.63) is 120 Å². The molecule has 0 aliphatic carbocycles. The maximum Gasteiger partial charge on any atom is 0.262 e. The van der Waals surface area contributed by atoms with E-state index in [2.05, 4.69) is 15.0 Å². The van der Waals surface area contributed by atoms with Gasteiger partial charge in [-0.25, -0.2) is 8.42 Å². The van der Waals surface area contributed by atoms with Crippen LogP contribution in [0.5, 0.6) is 0 Å². The summed E-state index contributed by atoms with van der Waals surface area (Å²) in [6.07, 6.45) is 4.29. The van der Waals surface area contributed by atoms with Crippen LogP contribution in [0.15, 0.2) is 102 Å². The van der Waals surface area contributed by atoms with Gasteiger partial charge in [0.25, 0.3) is 15.9 Å². The summed E-state index contributed by atoms with van der Waals surface area (Å²) in [5.74, 6) is -0.381. The third-order valence-corrected chi connectivity index (χ3v) is 6.66. The lowest BCUT2D eigenvalue weighted by Crippen LogP contribution is -2.17. The van der Waals surface area contributed by atoms with Crippen LogP contribution >= 0.6 is 0 Å². The SMILES string of the molecule is Cc1ccc(C(=O)Nc2ccc(Cc3ccncc3)cc2)cc1S(=O)(=O)Nc1ccccc1. The number of benzene rings is 3. The van der Waals surface area contributed by atoms with Crippen molar-refractivity contribution in [2.24, 2.45) is 0 Å². The van der Waals surface area contributed by atoms with Gasteiger partial charge in [0.15, 0.2) is 0 Å². The van der Waals surface area contributed by atoms with Gasteiger partial charge in [0.1, 0.15) is 0 Å². The Morgan fingerprint density at radius 2 is 1.48 bits per heavy atom. The molecule has 2 N–H and O–H groups in total. The molecule has 7 heteroatoms. The summed E-state index contributed by atoms with van der Waals surface area (Å²) in [6, 6.07) is 24.8. The number of nitrogens with zero attached hydrogens (tertiary/aromatic N) is 1. The second kappa shape index (κ2) is 9.67. The van der Waals surface area contributed by atoms with E-state index < -0.39 is 10.0 Å². The Balaban J connectivity index is 1.48. The molecular weight excluding hydrogens is 434 g/mol. The first-order chi connectivity index (χ1) is 15.9. The maximum atomic E-state index is 12.9. The summed E-state index contributed by atoms with van der Waals surface area (Å²) in [5.41, 5.74) is 4.16. The van der Waals surface area contributed by atoms with E-state index in [1.807, 2.05) is 36.4 Å². The van der Waals surface area contributed by atoms with E-state index in [0.29, 0.717) is 16.9 Å². The lowest BCUT2D eigenvalue weighted by atomic mass is 10.1. The van der Waals surface area contributed by atoms with Crippen molar-refractivity contribution in [1.29, 1.82) is 0 Å². The summed E-state index contributed by atoms with van der Waals surface area (Å²) < 4.78 is 28.3. The second-order valence-corrected chi connectivity index (χ2v) is 9.29. The van der Waals surface area contributed by atoms with Crippen molar-refractivity contribution < 1.29 is 13.2 Å². The molecule has 1 amide bonds. The summed E-state index contributed by atoms with van der Waals surface area (Å²) >= 11 is 0. The fourth-order valence-electron chi connectivity index (χ4n) is 3.39. The number of sulfonamides is 1. The van der Waals surface area contributed by atoms with Gasteiger partial charge in [0, 0.05) is 29.3 Å². The number of anilines is 2. The lowest BCUT2D eigenvalue weighted by molar-refractivity contribution is 0.102. The maximum absolute atomic E-state index is 12.9. The summed E-state index contributed by atoms with van der Waals surface area (Å²) in [4.78, 5) is 16.9. The van der Waals surface area contributed by atoms with Gasteiger partial charge in [-0.1, -0.05) is 36.4 Å². The zero-order valence-corrected chi connectivity index (χ0v) is 18.8. The van der Waals surface area contributed by atoms with Crippen molar-refractivity contribution in [3.63, 3.8) is 0 Å². The van der Waals surface area contributed by atoms with Crippen molar-refractivity contribution in [2.45, 2.75) is 18.2 Å². The van der Waals surface area contributed by atoms with Gasteiger partial charge >= 0.3 is 0 Å². The second-order valence-electron chi connectivity index (χ2n) is 7.64. The Kier molecular flexibility index (Phi) is 6.51. The first kappa shape index (κ1) is 22.2. The van der Waals surface area contributed by atoms with Crippen LogP contribution in [0.25, 0.3) is 0 Å². The molecule has 0 saturated carbocycles. The molecule has 33 heavy (non-hydrogen) atoms. The topological polar surface area (TPSA) is 88.2 Å². The van der Waals surface area contributed by atoms with Crippen LogP contribution in [0.3, 0.4) is 0 Å². The van der Waals surface area contributed by atoms with E-state index in [1.165, 1.54) is 6.07 Å². The Bertz CT molecular complexity index is 1360. The molecule has 0 saturated heterocycles. The molecular formula is C26H23N3O3S. The van der Waals surface area contributed by atoms with Crippen LogP contribution in [-0.4, -0.2) is 19.3 Å². The van der Waals surface area contributed by atoms with Crippen LogP contribution in [0, 0.1) is 6.92 Å². The molecule has 6 nitrogen and oxygen atoms in total. The van der Waals surface area contributed by atoms with E-state index in [0.717, 1.165) is 17.5 Å². The van der Waals surface area contributed by atoms with Crippen LogP contribution in [0.1, 0.15) is 27.0 Å². The molecule has 0 fully saturated rings. The minimum absolute atomic E-state index is 0.0618. The average molecular weight is 458 g/mol. The Morgan fingerprint density at radius 1 is 0.818 bits per heavy atom. The lowest BCUT2D eigenvalue weighted by Gasteiger charge is -2.12. The van der Waals surface area contributed by atoms with Crippen molar-refractivity contribution in [3.8, 4) is 0 Å². The zero-order chi connectivity index (χ0) is 23.3. The average Bonchev–Trinajstić information content (AvgIpc) is 2.81. The van der Waals surface area contributed by atoms with E-state index in [1.54, 1.807) is 61.8 Å². The molecule has 0 atom stereocenters. The van der Waals surface area contributed by atoms with Gasteiger partial charge in [-0.2, -0.15) is 0 Å². The quantitative estimate of drug-likeness (QED) is 0.407. The van der Waals surface area contributed by atoms with E-state index in [-0.39, 0.29) is 16.4 Å². The molecule has 0 aliphatic heterocycles. The highest BCUT2D eigenvalue weighted by Crippen LogP contribution is 2.22. The predicted molar refractivity (Wildman–Crippen MR) is 130 cm³/mol. The number of carbonyl (C=O) groups is 1. The zero-order valence-electron chi connectivity index (χ0n) is 18.0. The Labute approximate surface area is 193 Å². The molecule has 0 aliphatic rings. The van der Waals surface area contributed by atoms with Crippen LogP contribution in [-0.2, 0) is 16.4 Å². The molecule has 0 bridgehead atoms. The number of amides is 1. The summed E-state index contributed by atoms with van der Waals surface area (Å²) in [7, 11) is -3.84. The fourth-order valence-corrected chi connectivity index (χ4v) is 4.72. The minimum atomic E-state index is -3.84. The number of para-hydroxylation sites is 1. The van der Waals surface area contributed by atoms with Gasteiger partial charge in [-0.3, -0.25) is 14.5 Å². The van der Waals surface area contributed by atoms with Gasteiger partial charge in [-0.05, 0) is 78.6 Å². The molecule has 1 heterocycles. The number of carbonyl (C=O) groups excluding carboxylic acids is 1. The number of aromatic nitrogens is 1. The molecule has 4 rings (SSSR count). The highest BCUT2D eigenvalue weighted by molar-refractivity contribution is 7.92. The van der Waals surface area contributed by atoms with Crippen molar-refractivity contribution >= 4 is 27.3 Å². The van der Waals surface area contributed by atoms with Gasteiger partial charge in [0.2, 0.25) is 0 Å². The van der Waals surface area contributed by atoms with E-state index in [4.69, 9.17) is 0 Å². The number of pyridine rings is 1. The monoisotopic (exact) mass is 457 g/mol. The molecule has 0 unspecified atom stereocenters. The number of hydrogen-bond donors (Lipinski definition) is 2. The van der Waals surface area contributed by atoms with Crippen LogP contribution in [0.2, 0.25) is 0 Å². The fraction of sp³-hybridized carbons (Fsp3) is 0.0769. The number of nitrogens with one attached hydrogen (secondary N) is 2. The smallest absolute Gasteiger partial charge is 0.262 e. The molecule has 166 valence electrons. The van der Waals surface area contributed by atoms with Crippen molar-refractivity contribution in [2.75, 3.05) is 10.0 Å². The first-order valence-electron chi connectivity index (χ1n) is 10.4. The molecule has 3 aromatic carbocycles. The molecule has 0 spiro atoms. The normalized spacial score (nSPS) is 11.1. The van der Waals surface area contributed by atoms with Gasteiger partial charge in [-0.15, -0.1) is 0 Å². The standard InChI is InChI=1S/C26H23N3O3S/c1-19-7-10-22(18-25(19)33(31,32)29-24-5-3-2-4-6-24)26(30)28-23-11-8-20(9-12-23)17-21-13-15-27-16-14-21/h2-16,18,29H,17H2,1H3,(H,28,30). The van der Waals surface area contributed by atoms with E-state index >= 15 is 0 Å². The number of hydrogen-bond acceptors (Lipinski definition) is 4. The minimum Gasteiger partial charge on any atom is -0.322 e. The highest BCUT2D eigenvalue weighted by Gasteiger charge is 2.19. The summed E-state index contributed by atoms with van der Waals surface area (Å²) in [5, 5.41) is 2.83. The van der Waals surface area contributed by atoms with Gasteiger partial charge < -0.3 is 5.32 Å². The third-order valence-electron chi connectivity index (χ3n) is 5.14. The molecule has 4 aromatic rings. The van der Waals surface area contributed by atoms with Gasteiger partial charge in [0.05, 0.1) is 4.90 Å². The summed E-state index contributed by atoms with van der Waals surface area (Å²) in [6.45, 7) is 1.70. The Hall–Kier alpha value is -3.97. The number of aryl methyl sites for hydroxylation is 1. The Morgan fingerprint density at radius 3 is 2.18 bits per heavy atom. The van der Waals surface area contributed by atoms with Crippen LogP contribution < -0.4 is 10.0 Å². The van der Waals surface area contributed by atoms with E-state index in [9.17, 15) is 13.2 Å². The first-order valence-corrected chi connectivity index (χ1v) is 11.9. The number of rotatable bonds is 7. The van der Waals surface area contributed by atoms with Crippen molar-refractivity contribution in [1.82, 2.24) is 4.98 Å².